The van der Waals surface area contributed by atoms with Gasteiger partial charge in [-0.25, -0.2) is 13.6 Å². The van der Waals surface area contributed by atoms with Gasteiger partial charge in [-0.15, -0.1) is 0 Å². The number of primary sulfonamides is 1. The number of nitrogens with two attached hydrogens (primary N) is 1. The SMILES string of the molecule is COc1cc(CC(C)O)ccc1S(N)(=O)=O. The van der Waals surface area contributed by atoms with Crippen LogP contribution in [0.3, 0.4) is 0 Å². The maximum absolute atomic E-state index is 11.2. The Morgan fingerprint density at radius 1 is 1.50 bits per heavy atom. The highest BCUT2D eigenvalue weighted by Crippen LogP contribution is 2.24. The van der Waals surface area contributed by atoms with E-state index in [2.05, 4.69) is 0 Å². The number of ether oxygens (including phenoxy) is 1. The molecule has 16 heavy (non-hydrogen) atoms. The van der Waals surface area contributed by atoms with Crippen LogP contribution in [0.15, 0.2) is 23.1 Å². The lowest BCUT2D eigenvalue weighted by Crippen LogP contribution is -2.14. The van der Waals surface area contributed by atoms with Crippen LogP contribution in [0.25, 0.3) is 0 Å². The average Bonchev–Trinajstić information content (AvgIpc) is 2.14. The maximum atomic E-state index is 11.2. The molecule has 0 aliphatic rings. The van der Waals surface area contributed by atoms with Gasteiger partial charge in [0.2, 0.25) is 10.0 Å². The van der Waals surface area contributed by atoms with Crippen LogP contribution in [-0.4, -0.2) is 26.7 Å². The second-order valence-electron chi connectivity index (χ2n) is 3.58. The molecule has 3 N–H and O–H groups in total. The minimum atomic E-state index is -3.78. The lowest BCUT2D eigenvalue weighted by molar-refractivity contribution is 0.195. The Kier molecular flexibility index (Phi) is 3.90. The van der Waals surface area contributed by atoms with Gasteiger partial charge in [-0.3, -0.25) is 0 Å². The van der Waals surface area contributed by atoms with Gasteiger partial charge in [0, 0.05) is 0 Å². The third-order valence-corrected chi connectivity index (χ3v) is 3.02. The van der Waals surface area contributed by atoms with Crippen molar-refractivity contribution in [1.29, 1.82) is 0 Å². The minimum Gasteiger partial charge on any atom is -0.495 e. The number of benzene rings is 1. The van der Waals surface area contributed by atoms with Crippen molar-refractivity contribution >= 4 is 10.0 Å². The maximum Gasteiger partial charge on any atom is 0.241 e. The molecule has 0 saturated carbocycles. The van der Waals surface area contributed by atoms with E-state index < -0.39 is 16.1 Å². The van der Waals surface area contributed by atoms with Crippen molar-refractivity contribution in [3.63, 3.8) is 0 Å². The molecule has 0 radical (unpaired) electrons. The van der Waals surface area contributed by atoms with E-state index in [4.69, 9.17) is 9.88 Å². The van der Waals surface area contributed by atoms with Crippen molar-refractivity contribution < 1.29 is 18.3 Å². The standard InChI is InChI=1S/C10H15NO4S/c1-7(12)5-8-3-4-10(16(11,13)14)9(6-8)15-2/h3-4,6-7,12H,5H2,1-2H3,(H2,11,13,14). The molecule has 0 aliphatic carbocycles. The van der Waals surface area contributed by atoms with E-state index in [1.54, 1.807) is 19.1 Å². The van der Waals surface area contributed by atoms with Crippen LogP contribution < -0.4 is 9.88 Å². The summed E-state index contributed by atoms with van der Waals surface area (Å²) < 4.78 is 27.3. The summed E-state index contributed by atoms with van der Waals surface area (Å²) in [6.07, 6.45) is -0.0635. The van der Waals surface area contributed by atoms with Gasteiger partial charge in [0.25, 0.3) is 0 Å². The average molecular weight is 245 g/mol. The first-order chi connectivity index (χ1) is 7.34. The van der Waals surface area contributed by atoms with Crippen LogP contribution in [0.5, 0.6) is 5.75 Å². The van der Waals surface area contributed by atoms with Gasteiger partial charge < -0.3 is 9.84 Å². The van der Waals surface area contributed by atoms with E-state index in [0.717, 1.165) is 5.56 Å². The molecule has 0 bridgehead atoms. The molecule has 0 spiro atoms. The van der Waals surface area contributed by atoms with Gasteiger partial charge in [0.05, 0.1) is 13.2 Å². The molecule has 0 amide bonds. The molecule has 5 nitrogen and oxygen atoms in total. The molecule has 1 rings (SSSR count). The topological polar surface area (TPSA) is 89.6 Å². The fourth-order valence-electron chi connectivity index (χ4n) is 1.42. The van der Waals surface area contributed by atoms with Crippen LogP contribution in [0.1, 0.15) is 12.5 Å². The molecule has 1 atom stereocenters. The number of rotatable bonds is 4. The summed E-state index contributed by atoms with van der Waals surface area (Å²) in [7, 11) is -2.41. The highest BCUT2D eigenvalue weighted by molar-refractivity contribution is 7.89. The summed E-state index contributed by atoms with van der Waals surface area (Å²) in [6, 6.07) is 4.55. The third kappa shape index (κ3) is 3.19. The van der Waals surface area contributed by atoms with Crippen LogP contribution in [0.2, 0.25) is 0 Å². The highest BCUT2D eigenvalue weighted by Gasteiger charge is 2.15. The molecule has 6 heteroatoms. The molecule has 90 valence electrons. The number of sulfonamides is 1. The summed E-state index contributed by atoms with van der Waals surface area (Å²) in [5, 5.41) is 14.2. The Balaban J connectivity index is 3.17. The zero-order valence-corrected chi connectivity index (χ0v) is 9.99. The summed E-state index contributed by atoms with van der Waals surface area (Å²) >= 11 is 0. The van der Waals surface area contributed by atoms with Crippen molar-refractivity contribution in [3.05, 3.63) is 23.8 Å². The Labute approximate surface area is 94.9 Å². The van der Waals surface area contributed by atoms with Gasteiger partial charge >= 0.3 is 0 Å². The van der Waals surface area contributed by atoms with Gasteiger partial charge in [-0.2, -0.15) is 0 Å². The second kappa shape index (κ2) is 4.82. The summed E-state index contributed by atoms with van der Waals surface area (Å²) in [5.74, 6) is 0.195. The molecular weight excluding hydrogens is 230 g/mol. The smallest absolute Gasteiger partial charge is 0.241 e. The van der Waals surface area contributed by atoms with Gasteiger partial charge in [0.1, 0.15) is 10.6 Å². The molecule has 0 aliphatic heterocycles. The molecule has 1 aromatic carbocycles. The number of aliphatic hydroxyl groups is 1. The minimum absolute atomic E-state index is 0.0515. The predicted octanol–water partition coefficient (Wildman–Crippen LogP) is 0.266. The number of hydrogen-bond donors (Lipinski definition) is 2. The van der Waals surface area contributed by atoms with E-state index in [1.165, 1.54) is 13.2 Å². The van der Waals surface area contributed by atoms with Crippen LogP contribution in [0.4, 0.5) is 0 Å². The number of hydrogen-bond acceptors (Lipinski definition) is 4. The molecule has 1 aromatic rings. The predicted molar refractivity (Wildman–Crippen MR) is 59.8 cm³/mol. The molecule has 0 aromatic heterocycles. The summed E-state index contributed by atoms with van der Waals surface area (Å²) in [6.45, 7) is 1.65. The Hall–Kier alpha value is -1.11. The van der Waals surface area contributed by atoms with Crippen molar-refractivity contribution in [3.8, 4) is 5.75 Å². The highest BCUT2D eigenvalue weighted by atomic mass is 32.2. The quantitative estimate of drug-likeness (QED) is 0.796. The zero-order chi connectivity index (χ0) is 12.3. The Bertz CT molecular complexity index is 468. The lowest BCUT2D eigenvalue weighted by atomic mass is 10.1. The molecule has 1 unspecified atom stereocenters. The van der Waals surface area contributed by atoms with Crippen molar-refractivity contribution in [2.45, 2.75) is 24.3 Å². The van der Waals surface area contributed by atoms with Crippen LogP contribution >= 0.6 is 0 Å². The normalized spacial score (nSPS) is 13.5. The molecule has 0 fully saturated rings. The van der Waals surface area contributed by atoms with E-state index in [-0.39, 0.29) is 10.6 Å². The Morgan fingerprint density at radius 2 is 2.12 bits per heavy atom. The van der Waals surface area contributed by atoms with Crippen molar-refractivity contribution in [2.24, 2.45) is 5.14 Å². The van der Waals surface area contributed by atoms with E-state index in [9.17, 15) is 13.5 Å². The van der Waals surface area contributed by atoms with Gasteiger partial charge in [-0.1, -0.05) is 6.07 Å². The Morgan fingerprint density at radius 3 is 2.56 bits per heavy atom. The molecular formula is C10H15NO4S. The second-order valence-corrected chi connectivity index (χ2v) is 5.11. The van der Waals surface area contributed by atoms with Crippen LogP contribution in [-0.2, 0) is 16.4 Å². The summed E-state index contributed by atoms with van der Waals surface area (Å²) in [4.78, 5) is -0.0515. The number of aliphatic hydroxyl groups excluding tert-OH is 1. The largest absolute Gasteiger partial charge is 0.495 e. The molecule has 0 heterocycles. The van der Waals surface area contributed by atoms with Crippen molar-refractivity contribution in [1.82, 2.24) is 0 Å². The van der Waals surface area contributed by atoms with Gasteiger partial charge in [0.15, 0.2) is 0 Å². The number of methoxy groups -OCH3 is 1. The summed E-state index contributed by atoms with van der Waals surface area (Å²) in [5.41, 5.74) is 0.791. The first-order valence-electron chi connectivity index (χ1n) is 4.72. The van der Waals surface area contributed by atoms with E-state index >= 15 is 0 Å². The molecule has 0 saturated heterocycles. The third-order valence-electron chi connectivity index (χ3n) is 2.07. The van der Waals surface area contributed by atoms with E-state index in [0.29, 0.717) is 6.42 Å². The first-order valence-corrected chi connectivity index (χ1v) is 6.27. The fourth-order valence-corrected chi connectivity index (χ4v) is 2.10. The van der Waals surface area contributed by atoms with E-state index in [1.807, 2.05) is 0 Å². The van der Waals surface area contributed by atoms with Gasteiger partial charge in [-0.05, 0) is 31.0 Å². The van der Waals surface area contributed by atoms with Crippen molar-refractivity contribution in [2.75, 3.05) is 7.11 Å². The monoisotopic (exact) mass is 245 g/mol. The zero-order valence-electron chi connectivity index (χ0n) is 9.17. The first kappa shape index (κ1) is 13.0. The lowest BCUT2D eigenvalue weighted by Gasteiger charge is -2.10. The fraction of sp³-hybridized carbons (Fsp3) is 0.400. The van der Waals surface area contributed by atoms with Crippen LogP contribution in [0, 0.1) is 0 Å².